The van der Waals surface area contributed by atoms with E-state index in [1.54, 1.807) is 42.8 Å². The van der Waals surface area contributed by atoms with Gasteiger partial charge in [0.2, 0.25) is 5.28 Å². The first kappa shape index (κ1) is 35.8. The third kappa shape index (κ3) is 9.49. The highest BCUT2D eigenvalue weighted by Crippen LogP contribution is 2.33. The number of carbonyl (C=O) groups is 2. The number of hydrazine groups is 1. The van der Waals surface area contributed by atoms with Gasteiger partial charge in [0.1, 0.15) is 6.10 Å². The highest BCUT2D eigenvalue weighted by molar-refractivity contribution is 7.90. The van der Waals surface area contributed by atoms with Crippen molar-refractivity contribution in [1.29, 1.82) is 0 Å². The largest absolute Gasteiger partial charge is 0.569 e. The summed E-state index contributed by atoms with van der Waals surface area (Å²) in [6.07, 6.45) is -9.02. The Kier molecular flexibility index (Phi) is 11.0. The summed E-state index contributed by atoms with van der Waals surface area (Å²) in [4.78, 5) is 28.6. The highest BCUT2D eigenvalue weighted by atomic mass is 32.2. The topological polar surface area (TPSA) is 177 Å². The van der Waals surface area contributed by atoms with E-state index in [2.05, 4.69) is 10.4 Å². The van der Waals surface area contributed by atoms with Gasteiger partial charge in [-0.05, 0) is 51.1 Å². The fraction of sp³-hybridized carbons (Fsp3) is 0.414. The molecule has 2 aromatic carbocycles. The maximum atomic E-state index is 13.5. The standard InChI is InChI=1S/C29H33F3N6O9S/c1-18(2)44-28(40)45-20(4)47-35-38(41)36-15-13-23(14-16-36)46-27(39)34-48(42,43)24-11-9-22(10-12-24)37-25(17-26(33-37)29(30,31)32)21-7-5-19(3)6-8-21/h5-12,17-18,20,23H,13-16H2,1-4H3,(H,34,39)/b38-35+. The number of carbonyl (C=O) groups excluding carboxylic acids is 2. The molecular formula is C29H33F3N6O9S. The summed E-state index contributed by atoms with van der Waals surface area (Å²) in [6, 6.07) is 12.4. The van der Waals surface area contributed by atoms with Gasteiger partial charge in [0.25, 0.3) is 16.3 Å². The molecule has 260 valence electrons. The van der Waals surface area contributed by atoms with Gasteiger partial charge in [0.15, 0.2) is 5.69 Å². The van der Waals surface area contributed by atoms with E-state index in [0.29, 0.717) is 5.56 Å². The molecule has 0 aliphatic carbocycles. The molecule has 2 heterocycles. The van der Waals surface area contributed by atoms with Crippen molar-refractivity contribution >= 4 is 22.3 Å². The number of ether oxygens (including phenoxy) is 3. The fourth-order valence-corrected chi connectivity index (χ4v) is 5.30. The van der Waals surface area contributed by atoms with E-state index in [1.807, 2.05) is 6.92 Å². The van der Waals surface area contributed by atoms with Gasteiger partial charge in [-0.3, -0.25) is 4.84 Å². The Labute approximate surface area is 273 Å². The molecule has 0 radical (unpaired) electrons. The van der Waals surface area contributed by atoms with Crippen LogP contribution < -0.4 is 4.72 Å². The summed E-state index contributed by atoms with van der Waals surface area (Å²) in [5.41, 5.74) is 0.531. The quantitative estimate of drug-likeness (QED) is 0.0935. The van der Waals surface area contributed by atoms with Gasteiger partial charge in [0, 0.05) is 25.3 Å². The monoisotopic (exact) mass is 698 g/mol. The van der Waals surface area contributed by atoms with Crippen molar-refractivity contribution in [3.8, 4) is 16.9 Å². The van der Waals surface area contributed by atoms with E-state index in [9.17, 15) is 36.4 Å². The first-order valence-electron chi connectivity index (χ1n) is 14.6. The number of halogens is 3. The molecule has 1 N–H and O–H groups in total. The maximum absolute atomic E-state index is 13.5. The molecule has 1 unspecified atom stereocenters. The number of nitrogens with zero attached hydrogens (tertiary/aromatic N) is 5. The Morgan fingerprint density at radius 1 is 1.04 bits per heavy atom. The van der Waals surface area contributed by atoms with E-state index < -0.39 is 52.6 Å². The number of sulfonamides is 1. The average molecular weight is 699 g/mol. The van der Waals surface area contributed by atoms with E-state index in [0.717, 1.165) is 28.4 Å². The van der Waals surface area contributed by atoms with Crippen LogP contribution in [0.25, 0.3) is 16.9 Å². The van der Waals surface area contributed by atoms with Crippen LogP contribution in [0.15, 0.2) is 64.8 Å². The Morgan fingerprint density at radius 3 is 2.25 bits per heavy atom. The second-order valence-electron chi connectivity index (χ2n) is 10.9. The van der Waals surface area contributed by atoms with Gasteiger partial charge in [0.05, 0.1) is 40.4 Å². The molecule has 48 heavy (non-hydrogen) atoms. The molecular weight excluding hydrogens is 665 g/mol. The molecule has 1 aliphatic heterocycles. The maximum Gasteiger partial charge on any atom is 0.511 e. The number of alkyl halides is 3. The van der Waals surface area contributed by atoms with Crippen molar-refractivity contribution in [2.24, 2.45) is 5.28 Å². The smallest absolute Gasteiger partial charge is 0.511 e. The Bertz CT molecular complexity index is 1720. The van der Waals surface area contributed by atoms with Crippen molar-refractivity contribution in [1.82, 2.24) is 19.5 Å². The molecule has 0 spiro atoms. The number of aromatic nitrogens is 2. The van der Waals surface area contributed by atoms with E-state index >= 15 is 0 Å². The number of nitrogens with one attached hydrogen (secondary N) is 1. The van der Waals surface area contributed by atoms with Crippen molar-refractivity contribution in [3.05, 3.63) is 71.1 Å². The molecule has 1 aromatic heterocycles. The average Bonchev–Trinajstić information content (AvgIpc) is 3.46. The van der Waals surface area contributed by atoms with Crippen LogP contribution in [0.3, 0.4) is 0 Å². The van der Waals surface area contributed by atoms with Crippen LogP contribution in [-0.2, 0) is 35.2 Å². The molecule has 0 saturated carbocycles. The van der Waals surface area contributed by atoms with Crippen molar-refractivity contribution < 1.29 is 55.2 Å². The second-order valence-corrected chi connectivity index (χ2v) is 12.6. The SMILES string of the molecule is Cc1ccc(-c2cc(C(F)(F)F)nn2-c2ccc(S(=O)(=O)NC(=O)OC3CCN(/[N+]([O-])=N\OC(C)OC(=O)OC(C)C)CC3)cc2)cc1. The van der Waals surface area contributed by atoms with Crippen molar-refractivity contribution in [2.75, 3.05) is 13.1 Å². The van der Waals surface area contributed by atoms with E-state index in [1.165, 1.54) is 24.1 Å². The van der Waals surface area contributed by atoms with Crippen LogP contribution in [0.4, 0.5) is 22.8 Å². The van der Waals surface area contributed by atoms with Crippen LogP contribution in [0.2, 0.25) is 0 Å². The predicted molar refractivity (Wildman–Crippen MR) is 159 cm³/mol. The molecule has 1 amide bonds. The first-order chi connectivity index (χ1) is 22.5. The van der Waals surface area contributed by atoms with Gasteiger partial charge >= 0.3 is 18.4 Å². The lowest BCUT2D eigenvalue weighted by atomic mass is 10.1. The number of amides is 1. The lowest BCUT2D eigenvalue weighted by molar-refractivity contribution is -0.715. The Balaban J connectivity index is 1.33. The number of aryl methyl sites for hydroxylation is 1. The van der Waals surface area contributed by atoms with Crippen LogP contribution in [0.1, 0.15) is 44.9 Å². The summed E-state index contributed by atoms with van der Waals surface area (Å²) in [6.45, 7) is 6.55. The third-order valence-electron chi connectivity index (χ3n) is 6.75. The zero-order valence-electron chi connectivity index (χ0n) is 26.2. The minimum absolute atomic E-state index is 0.0706. The molecule has 3 aromatic rings. The van der Waals surface area contributed by atoms with Crippen LogP contribution in [-0.4, -0.2) is 72.0 Å². The zero-order valence-corrected chi connectivity index (χ0v) is 27.0. The molecule has 4 rings (SSSR count). The minimum atomic E-state index is -4.72. The number of piperidine rings is 1. The van der Waals surface area contributed by atoms with Gasteiger partial charge < -0.3 is 19.4 Å². The summed E-state index contributed by atoms with van der Waals surface area (Å²) >= 11 is 0. The molecule has 15 nitrogen and oxygen atoms in total. The summed E-state index contributed by atoms with van der Waals surface area (Å²) in [5, 5.41) is 20.5. The molecule has 1 aliphatic rings. The van der Waals surface area contributed by atoms with Crippen LogP contribution in [0, 0.1) is 12.1 Å². The number of hydrogen-bond donors (Lipinski definition) is 1. The predicted octanol–water partition coefficient (Wildman–Crippen LogP) is 5.46. The van der Waals surface area contributed by atoms with E-state index in [4.69, 9.17) is 19.0 Å². The Morgan fingerprint density at radius 2 is 1.67 bits per heavy atom. The number of benzene rings is 2. The molecule has 0 bridgehead atoms. The fourth-order valence-electron chi connectivity index (χ4n) is 4.42. The van der Waals surface area contributed by atoms with E-state index in [-0.39, 0.29) is 47.2 Å². The summed E-state index contributed by atoms with van der Waals surface area (Å²) in [7, 11) is -4.43. The normalized spacial score (nSPS) is 15.2. The zero-order chi connectivity index (χ0) is 35.2. The number of hydrogen-bond acceptors (Lipinski definition) is 11. The molecule has 1 atom stereocenters. The lowest BCUT2D eigenvalue weighted by Crippen LogP contribution is -2.43. The Hall–Kier alpha value is -5.07. The second kappa shape index (κ2) is 14.8. The van der Waals surface area contributed by atoms with Crippen molar-refractivity contribution in [2.45, 2.75) is 70.1 Å². The first-order valence-corrected chi connectivity index (χ1v) is 16.0. The highest BCUT2D eigenvalue weighted by Gasteiger charge is 2.35. The summed E-state index contributed by atoms with van der Waals surface area (Å²) < 4.78 is 83.9. The molecule has 1 fully saturated rings. The van der Waals surface area contributed by atoms with Gasteiger partial charge in [-0.2, -0.15) is 18.3 Å². The third-order valence-corrected chi connectivity index (χ3v) is 8.08. The summed E-state index contributed by atoms with van der Waals surface area (Å²) in [5.74, 6) is 0. The van der Waals surface area contributed by atoms with Gasteiger partial charge in [-0.25, -0.2) is 27.4 Å². The van der Waals surface area contributed by atoms with Crippen LogP contribution >= 0.6 is 0 Å². The van der Waals surface area contributed by atoms with Gasteiger partial charge in [-0.1, -0.05) is 29.8 Å². The van der Waals surface area contributed by atoms with Crippen molar-refractivity contribution in [3.63, 3.8) is 0 Å². The minimum Gasteiger partial charge on any atom is -0.569 e. The lowest BCUT2D eigenvalue weighted by Gasteiger charge is -2.28. The van der Waals surface area contributed by atoms with Crippen LogP contribution in [0.5, 0.6) is 0 Å². The molecule has 1 saturated heterocycles. The molecule has 19 heteroatoms. The number of rotatable bonds is 10. The van der Waals surface area contributed by atoms with Gasteiger partial charge in [-0.15, -0.1) is 5.01 Å².